The largest absolute Gasteiger partial charge is 0.495 e. The minimum absolute atomic E-state index is 0.770. The van der Waals surface area contributed by atoms with Crippen molar-refractivity contribution in [2.75, 3.05) is 12.4 Å². The van der Waals surface area contributed by atoms with E-state index < -0.39 is 0 Å². The minimum Gasteiger partial charge on any atom is -0.495 e. The Balaban J connectivity index is 2.17. The summed E-state index contributed by atoms with van der Waals surface area (Å²) in [4.78, 5) is 0. The van der Waals surface area contributed by atoms with E-state index in [1.165, 1.54) is 5.56 Å². The molecule has 2 aromatic rings. The third-order valence-corrected chi connectivity index (χ3v) is 3.85. The zero-order valence-electron chi connectivity index (χ0n) is 10.8. The lowest BCUT2D eigenvalue weighted by Gasteiger charge is -2.14. The molecule has 0 bridgehead atoms. The van der Waals surface area contributed by atoms with Gasteiger partial charge in [-0.25, -0.2) is 0 Å². The predicted octanol–water partition coefficient (Wildman–Crippen LogP) is 5.14. The number of halogens is 2. The lowest BCUT2D eigenvalue weighted by Crippen LogP contribution is -2.03. The molecule has 1 N–H and O–H groups in total. The third-order valence-electron chi connectivity index (χ3n) is 2.87. The maximum atomic E-state index is 5.41. The molecule has 0 saturated carbocycles. The Labute approximate surface area is 130 Å². The number of methoxy groups -OCH3 is 1. The van der Waals surface area contributed by atoms with Crippen molar-refractivity contribution in [3.8, 4) is 5.75 Å². The molecule has 0 aliphatic heterocycles. The van der Waals surface area contributed by atoms with Gasteiger partial charge in [0, 0.05) is 15.5 Å². The summed E-state index contributed by atoms with van der Waals surface area (Å²) >= 11 is 6.92. The number of benzene rings is 2. The van der Waals surface area contributed by atoms with Crippen molar-refractivity contribution in [3.63, 3.8) is 0 Å². The molecular weight excluding hydrogens is 370 g/mol. The van der Waals surface area contributed by atoms with Gasteiger partial charge in [0.2, 0.25) is 0 Å². The normalized spacial score (nSPS) is 10.3. The zero-order chi connectivity index (χ0) is 13.8. The average Bonchev–Trinajstić information content (AvgIpc) is 2.39. The average molecular weight is 385 g/mol. The highest BCUT2D eigenvalue weighted by atomic mass is 79.9. The Morgan fingerprint density at radius 2 is 1.74 bits per heavy atom. The SMILES string of the molecule is COc1cc(Br)cc(C)c1NCc1ccc(Br)cc1. The van der Waals surface area contributed by atoms with Crippen LogP contribution in [0.4, 0.5) is 5.69 Å². The van der Waals surface area contributed by atoms with Gasteiger partial charge in [-0.05, 0) is 42.3 Å². The first kappa shape index (κ1) is 14.4. The van der Waals surface area contributed by atoms with Crippen LogP contribution in [-0.4, -0.2) is 7.11 Å². The first-order valence-electron chi connectivity index (χ1n) is 5.92. The fourth-order valence-corrected chi connectivity index (χ4v) is 2.71. The van der Waals surface area contributed by atoms with Gasteiger partial charge in [-0.2, -0.15) is 0 Å². The second kappa shape index (κ2) is 6.44. The second-order valence-corrected chi connectivity index (χ2v) is 6.11. The Morgan fingerprint density at radius 3 is 2.37 bits per heavy atom. The molecule has 0 aliphatic carbocycles. The summed E-state index contributed by atoms with van der Waals surface area (Å²) < 4.78 is 7.53. The summed E-state index contributed by atoms with van der Waals surface area (Å²) in [5.74, 6) is 0.851. The molecule has 0 aliphatic rings. The molecule has 0 spiro atoms. The van der Waals surface area contributed by atoms with Crippen LogP contribution in [0.1, 0.15) is 11.1 Å². The number of nitrogens with one attached hydrogen (secondary N) is 1. The van der Waals surface area contributed by atoms with Crippen LogP contribution in [0.5, 0.6) is 5.75 Å². The van der Waals surface area contributed by atoms with Crippen LogP contribution in [0.25, 0.3) is 0 Å². The Kier molecular flexibility index (Phi) is 4.88. The van der Waals surface area contributed by atoms with Crippen molar-refractivity contribution in [2.45, 2.75) is 13.5 Å². The van der Waals surface area contributed by atoms with Crippen LogP contribution in [-0.2, 0) is 6.54 Å². The van der Waals surface area contributed by atoms with E-state index in [0.29, 0.717) is 0 Å². The highest BCUT2D eigenvalue weighted by Gasteiger charge is 2.07. The van der Waals surface area contributed by atoms with E-state index in [9.17, 15) is 0 Å². The van der Waals surface area contributed by atoms with Gasteiger partial charge in [0.1, 0.15) is 5.75 Å². The number of aryl methyl sites for hydroxylation is 1. The van der Waals surface area contributed by atoms with Crippen LogP contribution in [0.15, 0.2) is 45.3 Å². The molecule has 0 unspecified atom stereocenters. The summed E-state index contributed by atoms with van der Waals surface area (Å²) in [5.41, 5.74) is 3.42. The summed E-state index contributed by atoms with van der Waals surface area (Å²) in [5, 5.41) is 3.43. The van der Waals surface area contributed by atoms with Gasteiger partial charge in [0.15, 0.2) is 0 Å². The van der Waals surface area contributed by atoms with E-state index in [4.69, 9.17) is 4.74 Å². The zero-order valence-corrected chi connectivity index (χ0v) is 14.0. The van der Waals surface area contributed by atoms with Gasteiger partial charge < -0.3 is 10.1 Å². The van der Waals surface area contributed by atoms with Crippen molar-refractivity contribution >= 4 is 37.5 Å². The Bertz CT molecular complexity index is 567. The number of hydrogen-bond acceptors (Lipinski definition) is 2. The molecule has 0 saturated heterocycles. The van der Waals surface area contributed by atoms with E-state index >= 15 is 0 Å². The lowest BCUT2D eigenvalue weighted by molar-refractivity contribution is 0.416. The molecular formula is C15H15Br2NO. The summed E-state index contributed by atoms with van der Waals surface area (Å²) in [7, 11) is 1.69. The molecule has 0 heterocycles. The van der Waals surface area contributed by atoms with Crippen LogP contribution < -0.4 is 10.1 Å². The summed E-state index contributed by atoms with van der Waals surface area (Å²) in [6.07, 6.45) is 0. The van der Waals surface area contributed by atoms with Gasteiger partial charge in [-0.3, -0.25) is 0 Å². The number of ether oxygens (including phenoxy) is 1. The first-order chi connectivity index (χ1) is 9.10. The number of anilines is 1. The van der Waals surface area contributed by atoms with Crippen LogP contribution in [0.2, 0.25) is 0 Å². The van der Waals surface area contributed by atoms with Crippen molar-refractivity contribution in [1.29, 1.82) is 0 Å². The molecule has 0 fully saturated rings. The van der Waals surface area contributed by atoms with E-state index in [2.05, 4.69) is 62.3 Å². The molecule has 100 valence electrons. The molecule has 2 rings (SSSR count). The standard InChI is InChI=1S/C15H15Br2NO/c1-10-7-13(17)8-14(19-2)15(10)18-9-11-3-5-12(16)6-4-11/h3-8,18H,9H2,1-2H3. The van der Waals surface area contributed by atoms with E-state index in [1.54, 1.807) is 7.11 Å². The van der Waals surface area contributed by atoms with Crippen LogP contribution in [0.3, 0.4) is 0 Å². The lowest BCUT2D eigenvalue weighted by atomic mass is 10.1. The molecule has 0 atom stereocenters. The second-order valence-electron chi connectivity index (χ2n) is 4.28. The number of rotatable bonds is 4. The first-order valence-corrected chi connectivity index (χ1v) is 7.51. The maximum Gasteiger partial charge on any atom is 0.143 e. The molecule has 0 aromatic heterocycles. The van der Waals surface area contributed by atoms with Gasteiger partial charge in [0.25, 0.3) is 0 Å². The van der Waals surface area contributed by atoms with Crippen molar-refractivity contribution < 1.29 is 4.74 Å². The molecule has 0 amide bonds. The van der Waals surface area contributed by atoms with Crippen molar-refractivity contribution in [1.82, 2.24) is 0 Å². The molecule has 2 nitrogen and oxygen atoms in total. The third kappa shape index (κ3) is 3.74. The highest BCUT2D eigenvalue weighted by molar-refractivity contribution is 9.10. The molecule has 4 heteroatoms. The Morgan fingerprint density at radius 1 is 1.05 bits per heavy atom. The molecule has 19 heavy (non-hydrogen) atoms. The quantitative estimate of drug-likeness (QED) is 0.787. The smallest absolute Gasteiger partial charge is 0.143 e. The molecule has 2 aromatic carbocycles. The van der Waals surface area contributed by atoms with Crippen molar-refractivity contribution in [3.05, 3.63) is 56.5 Å². The van der Waals surface area contributed by atoms with Gasteiger partial charge in [-0.1, -0.05) is 44.0 Å². The minimum atomic E-state index is 0.770. The van der Waals surface area contributed by atoms with Gasteiger partial charge >= 0.3 is 0 Å². The topological polar surface area (TPSA) is 21.3 Å². The fraction of sp³-hybridized carbons (Fsp3) is 0.200. The predicted molar refractivity (Wildman–Crippen MR) is 86.9 cm³/mol. The van der Waals surface area contributed by atoms with Gasteiger partial charge in [0.05, 0.1) is 12.8 Å². The number of hydrogen-bond donors (Lipinski definition) is 1. The van der Waals surface area contributed by atoms with Crippen molar-refractivity contribution in [2.24, 2.45) is 0 Å². The Hall–Kier alpha value is -1.00. The summed E-state index contributed by atoms with van der Waals surface area (Å²) in [6, 6.07) is 12.3. The van der Waals surface area contributed by atoms with Gasteiger partial charge in [-0.15, -0.1) is 0 Å². The van der Waals surface area contributed by atoms with E-state index in [0.717, 1.165) is 32.5 Å². The monoisotopic (exact) mass is 383 g/mol. The summed E-state index contributed by atoms with van der Waals surface area (Å²) in [6.45, 7) is 2.84. The van der Waals surface area contributed by atoms with E-state index in [-0.39, 0.29) is 0 Å². The fourth-order valence-electron chi connectivity index (χ4n) is 1.89. The molecule has 0 radical (unpaired) electrons. The maximum absolute atomic E-state index is 5.41. The van der Waals surface area contributed by atoms with Crippen LogP contribution >= 0.6 is 31.9 Å². The van der Waals surface area contributed by atoms with Crippen LogP contribution in [0, 0.1) is 6.92 Å². The van der Waals surface area contributed by atoms with E-state index in [1.807, 2.05) is 18.2 Å². The highest BCUT2D eigenvalue weighted by Crippen LogP contribution is 2.32.